The van der Waals surface area contributed by atoms with Crippen molar-refractivity contribution in [2.75, 3.05) is 32.1 Å². The van der Waals surface area contributed by atoms with Gasteiger partial charge in [-0.3, -0.25) is 10.2 Å². The molecule has 66 valence electrons. The third-order valence-corrected chi connectivity index (χ3v) is 2.01. The SMILES string of the molecule is CN(C)CCSCC(=O)NN. The summed E-state index contributed by atoms with van der Waals surface area (Å²) in [5.74, 6) is 6.18. The van der Waals surface area contributed by atoms with Crippen LogP contribution in [0.4, 0.5) is 0 Å². The summed E-state index contributed by atoms with van der Waals surface area (Å²) in [4.78, 5) is 12.7. The van der Waals surface area contributed by atoms with Crippen LogP contribution in [-0.4, -0.2) is 43.0 Å². The lowest BCUT2D eigenvalue weighted by molar-refractivity contribution is -0.118. The van der Waals surface area contributed by atoms with E-state index in [0.29, 0.717) is 5.75 Å². The van der Waals surface area contributed by atoms with Crippen molar-refractivity contribution < 1.29 is 4.79 Å². The standard InChI is InChI=1S/C6H15N3OS/c1-9(2)3-4-11-5-6(10)8-7/h3-5,7H2,1-2H3,(H,8,10). The highest BCUT2D eigenvalue weighted by atomic mass is 32.2. The molecule has 0 aromatic heterocycles. The first kappa shape index (κ1) is 10.7. The van der Waals surface area contributed by atoms with Crippen LogP contribution in [0.25, 0.3) is 0 Å². The van der Waals surface area contributed by atoms with Crippen LogP contribution < -0.4 is 11.3 Å². The summed E-state index contributed by atoms with van der Waals surface area (Å²) in [6.07, 6.45) is 0. The second-order valence-electron chi connectivity index (χ2n) is 2.42. The Morgan fingerprint density at radius 1 is 1.64 bits per heavy atom. The zero-order chi connectivity index (χ0) is 8.69. The van der Waals surface area contributed by atoms with Gasteiger partial charge in [0, 0.05) is 12.3 Å². The van der Waals surface area contributed by atoms with Gasteiger partial charge in [0.1, 0.15) is 0 Å². The van der Waals surface area contributed by atoms with Gasteiger partial charge in [0.05, 0.1) is 5.75 Å². The number of nitrogens with two attached hydrogens (primary N) is 1. The van der Waals surface area contributed by atoms with Crippen molar-refractivity contribution >= 4 is 17.7 Å². The molecule has 0 atom stereocenters. The van der Waals surface area contributed by atoms with E-state index in [0.717, 1.165) is 12.3 Å². The van der Waals surface area contributed by atoms with E-state index in [2.05, 4.69) is 10.3 Å². The largest absolute Gasteiger partial charge is 0.309 e. The van der Waals surface area contributed by atoms with E-state index < -0.39 is 0 Å². The Balaban J connectivity index is 3.08. The minimum atomic E-state index is -0.117. The van der Waals surface area contributed by atoms with E-state index in [-0.39, 0.29) is 5.91 Å². The highest BCUT2D eigenvalue weighted by molar-refractivity contribution is 7.99. The van der Waals surface area contributed by atoms with Crippen molar-refractivity contribution in [2.24, 2.45) is 5.84 Å². The Labute approximate surface area is 71.5 Å². The Bertz CT molecular complexity index is 118. The van der Waals surface area contributed by atoms with Crippen LogP contribution in [0.15, 0.2) is 0 Å². The summed E-state index contributed by atoms with van der Waals surface area (Å²) in [6.45, 7) is 0.989. The first-order valence-corrected chi connectivity index (χ1v) is 4.54. The molecular formula is C6H15N3OS. The minimum absolute atomic E-state index is 0.117. The van der Waals surface area contributed by atoms with Crippen molar-refractivity contribution in [3.05, 3.63) is 0 Å². The molecule has 0 fully saturated rings. The van der Waals surface area contributed by atoms with Gasteiger partial charge in [0.2, 0.25) is 5.91 Å². The molecule has 3 N–H and O–H groups in total. The number of rotatable bonds is 5. The number of hydrazine groups is 1. The zero-order valence-electron chi connectivity index (χ0n) is 6.96. The number of hydrogen-bond donors (Lipinski definition) is 2. The van der Waals surface area contributed by atoms with Gasteiger partial charge in [0.15, 0.2) is 0 Å². The van der Waals surface area contributed by atoms with Crippen LogP contribution in [0.5, 0.6) is 0 Å². The molecule has 0 saturated carbocycles. The molecule has 0 aliphatic heterocycles. The lowest BCUT2D eigenvalue weighted by Crippen LogP contribution is -2.31. The number of amides is 1. The Kier molecular flexibility index (Phi) is 6.30. The number of hydrogen-bond acceptors (Lipinski definition) is 4. The van der Waals surface area contributed by atoms with E-state index >= 15 is 0 Å². The molecule has 0 aromatic carbocycles. The smallest absolute Gasteiger partial charge is 0.243 e. The molecule has 0 bridgehead atoms. The molecule has 0 rings (SSSR count). The summed E-state index contributed by atoms with van der Waals surface area (Å²) in [5.41, 5.74) is 2.08. The Morgan fingerprint density at radius 2 is 2.27 bits per heavy atom. The maximum Gasteiger partial charge on any atom is 0.243 e. The maximum atomic E-state index is 10.6. The monoisotopic (exact) mass is 177 g/mol. The summed E-state index contributed by atoms with van der Waals surface area (Å²) in [7, 11) is 4.01. The van der Waals surface area contributed by atoms with Crippen LogP contribution in [0.3, 0.4) is 0 Å². The molecular weight excluding hydrogens is 162 g/mol. The van der Waals surface area contributed by atoms with E-state index in [4.69, 9.17) is 5.84 Å². The normalized spacial score (nSPS) is 10.2. The second kappa shape index (κ2) is 6.45. The number of carbonyl (C=O) groups is 1. The van der Waals surface area contributed by atoms with Gasteiger partial charge in [0.25, 0.3) is 0 Å². The molecule has 0 spiro atoms. The molecule has 11 heavy (non-hydrogen) atoms. The van der Waals surface area contributed by atoms with Crippen LogP contribution in [0.2, 0.25) is 0 Å². The highest BCUT2D eigenvalue weighted by Crippen LogP contribution is 1.98. The van der Waals surface area contributed by atoms with Crippen LogP contribution in [0.1, 0.15) is 0 Å². The predicted octanol–water partition coefficient (Wildman–Crippen LogP) is -0.729. The lowest BCUT2D eigenvalue weighted by atomic mass is 10.7. The number of nitrogens with zero attached hydrogens (tertiary/aromatic N) is 1. The van der Waals surface area contributed by atoms with Crippen LogP contribution in [-0.2, 0) is 4.79 Å². The fraction of sp³-hybridized carbons (Fsp3) is 0.833. The molecule has 4 nitrogen and oxygen atoms in total. The first-order chi connectivity index (χ1) is 5.16. The van der Waals surface area contributed by atoms with Gasteiger partial charge in [-0.05, 0) is 14.1 Å². The maximum absolute atomic E-state index is 10.6. The zero-order valence-corrected chi connectivity index (χ0v) is 7.78. The fourth-order valence-corrected chi connectivity index (χ4v) is 1.36. The van der Waals surface area contributed by atoms with Gasteiger partial charge in [-0.1, -0.05) is 0 Å². The summed E-state index contributed by atoms with van der Waals surface area (Å²) in [5, 5.41) is 0. The van der Waals surface area contributed by atoms with E-state index in [1.807, 2.05) is 14.1 Å². The summed E-state index contributed by atoms with van der Waals surface area (Å²) >= 11 is 1.58. The van der Waals surface area contributed by atoms with Crippen molar-refractivity contribution in [3.63, 3.8) is 0 Å². The van der Waals surface area contributed by atoms with Gasteiger partial charge in [-0.25, -0.2) is 5.84 Å². The van der Waals surface area contributed by atoms with Gasteiger partial charge >= 0.3 is 0 Å². The predicted molar refractivity (Wildman–Crippen MR) is 48.2 cm³/mol. The number of thioether (sulfide) groups is 1. The fourth-order valence-electron chi connectivity index (χ4n) is 0.454. The molecule has 5 heteroatoms. The lowest BCUT2D eigenvalue weighted by Gasteiger charge is -2.07. The molecule has 0 saturated heterocycles. The van der Waals surface area contributed by atoms with E-state index in [1.165, 1.54) is 0 Å². The van der Waals surface area contributed by atoms with Gasteiger partial charge < -0.3 is 4.90 Å². The van der Waals surface area contributed by atoms with Crippen LogP contribution in [0, 0.1) is 0 Å². The molecule has 0 heterocycles. The Morgan fingerprint density at radius 3 is 2.73 bits per heavy atom. The molecule has 0 unspecified atom stereocenters. The molecule has 0 aliphatic rings. The second-order valence-corrected chi connectivity index (χ2v) is 3.53. The highest BCUT2D eigenvalue weighted by Gasteiger charge is 1.97. The molecule has 0 aliphatic carbocycles. The van der Waals surface area contributed by atoms with Crippen molar-refractivity contribution in [3.8, 4) is 0 Å². The average molecular weight is 177 g/mol. The summed E-state index contributed by atoms with van der Waals surface area (Å²) in [6, 6.07) is 0. The van der Waals surface area contributed by atoms with E-state index in [1.54, 1.807) is 11.8 Å². The Hall–Kier alpha value is -0.260. The topological polar surface area (TPSA) is 58.4 Å². The van der Waals surface area contributed by atoms with Crippen molar-refractivity contribution in [2.45, 2.75) is 0 Å². The third kappa shape index (κ3) is 7.64. The quantitative estimate of drug-likeness (QED) is 0.252. The molecule has 0 aromatic rings. The van der Waals surface area contributed by atoms with Crippen molar-refractivity contribution in [1.29, 1.82) is 0 Å². The number of nitrogens with one attached hydrogen (secondary N) is 1. The van der Waals surface area contributed by atoms with Gasteiger partial charge in [-0.15, -0.1) is 0 Å². The number of carbonyl (C=O) groups excluding carboxylic acids is 1. The molecule has 1 amide bonds. The van der Waals surface area contributed by atoms with E-state index in [9.17, 15) is 4.79 Å². The van der Waals surface area contributed by atoms with Crippen molar-refractivity contribution in [1.82, 2.24) is 10.3 Å². The van der Waals surface area contributed by atoms with Crippen LogP contribution >= 0.6 is 11.8 Å². The first-order valence-electron chi connectivity index (χ1n) is 3.38. The minimum Gasteiger partial charge on any atom is -0.309 e. The molecule has 0 radical (unpaired) electrons. The summed E-state index contributed by atoms with van der Waals surface area (Å²) < 4.78 is 0. The third-order valence-electron chi connectivity index (χ3n) is 1.08. The average Bonchev–Trinajstić information content (AvgIpc) is 1.97. The van der Waals surface area contributed by atoms with Gasteiger partial charge in [-0.2, -0.15) is 11.8 Å².